The van der Waals surface area contributed by atoms with E-state index in [0.29, 0.717) is 18.1 Å². The Kier molecular flexibility index (Phi) is 4.16. The lowest BCUT2D eigenvalue weighted by Gasteiger charge is -2.05. The number of carbonyl (C=O) groups excluding carboxylic acids is 1. The van der Waals surface area contributed by atoms with Crippen molar-refractivity contribution < 1.29 is 4.79 Å². The van der Waals surface area contributed by atoms with Gasteiger partial charge in [-0.2, -0.15) is 0 Å². The number of ketones is 1. The monoisotopic (exact) mass is 196 g/mol. The van der Waals surface area contributed by atoms with Crippen LogP contribution in [-0.4, -0.2) is 5.78 Å². The van der Waals surface area contributed by atoms with E-state index in [0.717, 1.165) is 12.8 Å². The van der Waals surface area contributed by atoms with E-state index < -0.39 is 0 Å². The molecule has 1 rings (SSSR count). The predicted molar refractivity (Wildman–Crippen MR) is 57.1 cm³/mol. The minimum atomic E-state index is 0.372. The van der Waals surface area contributed by atoms with E-state index in [1.165, 1.54) is 4.88 Å². The van der Waals surface area contributed by atoms with Gasteiger partial charge >= 0.3 is 0 Å². The van der Waals surface area contributed by atoms with Gasteiger partial charge in [0.25, 0.3) is 0 Å². The molecule has 0 spiro atoms. The Bertz CT molecular complexity index is 251. The SMILES string of the molecule is CCC(C)CC(=O)Cc1cccs1. The molecule has 13 heavy (non-hydrogen) atoms. The molecule has 0 aromatic carbocycles. The van der Waals surface area contributed by atoms with E-state index in [9.17, 15) is 4.79 Å². The van der Waals surface area contributed by atoms with E-state index in [-0.39, 0.29) is 0 Å². The highest BCUT2D eigenvalue weighted by Gasteiger charge is 2.08. The van der Waals surface area contributed by atoms with E-state index in [4.69, 9.17) is 0 Å². The maximum absolute atomic E-state index is 11.5. The van der Waals surface area contributed by atoms with Crippen LogP contribution in [0, 0.1) is 5.92 Å². The van der Waals surface area contributed by atoms with Crippen molar-refractivity contribution in [3.05, 3.63) is 22.4 Å². The van der Waals surface area contributed by atoms with Crippen LogP contribution in [0.5, 0.6) is 0 Å². The minimum absolute atomic E-state index is 0.372. The Balaban J connectivity index is 2.34. The van der Waals surface area contributed by atoms with Gasteiger partial charge < -0.3 is 0 Å². The second-order valence-corrected chi connectivity index (χ2v) is 4.54. The number of hydrogen-bond donors (Lipinski definition) is 0. The molecule has 0 aliphatic carbocycles. The first-order valence-electron chi connectivity index (χ1n) is 4.76. The Morgan fingerprint density at radius 3 is 2.92 bits per heavy atom. The van der Waals surface area contributed by atoms with E-state index in [1.54, 1.807) is 11.3 Å². The summed E-state index contributed by atoms with van der Waals surface area (Å²) in [6.45, 7) is 4.26. The summed E-state index contributed by atoms with van der Waals surface area (Å²) in [5.41, 5.74) is 0. The lowest BCUT2D eigenvalue weighted by Crippen LogP contribution is -2.06. The van der Waals surface area contributed by atoms with Gasteiger partial charge in [-0.05, 0) is 17.4 Å². The van der Waals surface area contributed by atoms with Crippen molar-refractivity contribution in [1.82, 2.24) is 0 Å². The molecule has 0 bridgehead atoms. The topological polar surface area (TPSA) is 17.1 Å². The highest BCUT2D eigenvalue weighted by molar-refractivity contribution is 7.10. The van der Waals surface area contributed by atoms with Gasteiger partial charge in [-0.1, -0.05) is 26.3 Å². The fraction of sp³-hybridized carbons (Fsp3) is 0.545. The van der Waals surface area contributed by atoms with Gasteiger partial charge in [-0.3, -0.25) is 4.79 Å². The predicted octanol–water partition coefficient (Wildman–Crippen LogP) is 3.30. The highest BCUT2D eigenvalue weighted by Crippen LogP contribution is 2.13. The van der Waals surface area contributed by atoms with Crippen LogP contribution in [0.3, 0.4) is 0 Å². The first kappa shape index (κ1) is 10.5. The summed E-state index contributed by atoms with van der Waals surface area (Å²) in [7, 11) is 0. The van der Waals surface area contributed by atoms with Crippen molar-refractivity contribution >= 4 is 17.1 Å². The van der Waals surface area contributed by atoms with Gasteiger partial charge in [0, 0.05) is 17.7 Å². The Morgan fingerprint density at radius 1 is 1.62 bits per heavy atom. The summed E-state index contributed by atoms with van der Waals surface area (Å²) in [6.07, 6.45) is 2.45. The van der Waals surface area contributed by atoms with E-state index in [1.807, 2.05) is 17.5 Å². The van der Waals surface area contributed by atoms with Crippen LogP contribution in [0.15, 0.2) is 17.5 Å². The second-order valence-electron chi connectivity index (χ2n) is 3.51. The molecule has 0 amide bonds. The molecule has 1 unspecified atom stereocenters. The maximum atomic E-state index is 11.5. The summed E-state index contributed by atoms with van der Waals surface area (Å²) in [5, 5.41) is 2.02. The third-order valence-electron chi connectivity index (χ3n) is 2.22. The third-order valence-corrected chi connectivity index (χ3v) is 3.10. The van der Waals surface area contributed by atoms with Crippen LogP contribution in [-0.2, 0) is 11.2 Å². The molecule has 1 aromatic rings. The number of Topliss-reactive ketones (excluding diaryl/α,β-unsaturated/α-hetero) is 1. The Hall–Kier alpha value is -0.630. The average Bonchev–Trinajstić information content (AvgIpc) is 2.56. The van der Waals surface area contributed by atoms with Crippen LogP contribution < -0.4 is 0 Å². The molecule has 1 atom stereocenters. The van der Waals surface area contributed by atoms with Crippen molar-refractivity contribution in [2.45, 2.75) is 33.1 Å². The number of carbonyl (C=O) groups is 1. The molecule has 0 N–H and O–H groups in total. The van der Waals surface area contributed by atoms with Crippen LogP contribution in [0.25, 0.3) is 0 Å². The molecular weight excluding hydrogens is 180 g/mol. The minimum Gasteiger partial charge on any atom is -0.299 e. The molecule has 1 nitrogen and oxygen atoms in total. The lowest BCUT2D eigenvalue weighted by molar-refractivity contribution is -0.119. The standard InChI is InChI=1S/C11H16OS/c1-3-9(2)7-10(12)8-11-5-4-6-13-11/h4-6,9H,3,7-8H2,1-2H3. The van der Waals surface area contributed by atoms with Gasteiger partial charge in [-0.25, -0.2) is 0 Å². The normalized spacial score (nSPS) is 12.8. The van der Waals surface area contributed by atoms with Gasteiger partial charge in [0.15, 0.2) is 0 Å². The van der Waals surface area contributed by atoms with Crippen molar-refractivity contribution in [1.29, 1.82) is 0 Å². The molecule has 0 saturated carbocycles. The fourth-order valence-corrected chi connectivity index (χ4v) is 1.95. The average molecular weight is 196 g/mol. The van der Waals surface area contributed by atoms with Crippen LogP contribution >= 0.6 is 11.3 Å². The molecule has 1 aromatic heterocycles. The second kappa shape index (κ2) is 5.18. The molecule has 0 aliphatic rings. The largest absolute Gasteiger partial charge is 0.299 e. The quantitative estimate of drug-likeness (QED) is 0.706. The molecule has 2 heteroatoms. The number of rotatable bonds is 5. The number of thiophene rings is 1. The van der Waals surface area contributed by atoms with E-state index >= 15 is 0 Å². The molecule has 0 saturated heterocycles. The summed E-state index contributed by atoms with van der Waals surface area (Å²) < 4.78 is 0. The Morgan fingerprint density at radius 2 is 2.38 bits per heavy atom. The molecule has 0 radical (unpaired) electrons. The summed E-state index contributed by atoms with van der Waals surface area (Å²) in [6, 6.07) is 4.02. The van der Waals surface area contributed by atoms with Gasteiger partial charge in [0.05, 0.1) is 0 Å². The first-order valence-corrected chi connectivity index (χ1v) is 5.64. The van der Waals surface area contributed by atoms with Crippen LogP contribution in [0.2, 0.25) is 0 Å². The van der Waals surface area contributed by atoms with Crippen molar-refractivity contribution in [2.24, 2.45) is 5.92 Å². The summed E-state index contributed by atoms with van der Waals surface area (Å²) in [5.74, 6) is 0.907. The van der Waals surface area contributed by atoms with Gasteiger partial charge in [0.1, 0.15) is 5.78 Å². The molecular formula is C11H16OS. The molecule has 1 heterocycles. The molecule has 0 fully saturated rings. The Labute approximate surface area is 83.8 Å². The zero-order valence-corrected chi connectivity index (χ0v) is 9.06. The highest BCUT2D eigenvalue weighted by atomic mass is 32.1. The van der Waals surface area contributed by atoms with E-state index in [2.05, 4.69) is 13.8 Å². The molecule has 0 aliphatic heterocycles. The smallest absolute Gasteiger partial charge is 0.138 e. The van der Waals surface area contributed by atoms with Gasteiger partial charge in [0.2, 0.25) is 0 Å². The van der Waals surface area contributed by atoms with Crippen LogP contribution in [0.1, 0.15) is 31.6 Å². The molecule has 72 valence electrons. The zero-order chi connectivity index (χ0) is 9.68. The fourth-order valence-electron chi connectivity index (χ4n) is 1.21. The maximum Gasteiger partial charge on any atom is 0.138 e. The summed E-state index contributed by atoms with van der Waals surface area (Å²) >= 11 is 1.67. The first-order chi connectivity index (χ1) is 6.22. The van der Waals surface area contributed by atoms with Crippen molar-refractivity contribution in [3.8, 4) is 0 Å². The zero-order valence-electron chi connectivity index (χ0n) is 8.25. The van der Waals surface area contributed by atoms with Crippen molar-refractivity contribution in [3.63, 3.8) is 0 Å². The number of hydrogen-bond acceptors (Lipinski definition) is 2. The van der Waals surface area contributed by atoms with Crippen LogP contribution in [0.4, 0.5) is 0 Å². The van der Waals surface area contributed by atoms with Gasteiger partial charge in [-0.15, -0.1) is 11.3 Å². The van der Waals surface area contributed by atoms with Crippen molar-refractivity contribution in [2.75, 3.05) is 0 Å². The lowest BCUT2D eigenvalue weighted by atomic mass is 10.0. The summed E-state index contributed by atoms with van der Waals surface area (Å²) in [4.78, 5) is 12.7. The third kappa shape index (κ3) is 3.73.